The predicted octanol–water partition coefficient (Wildman–Crippen LogP) is 3.63. The van der Waals surface area contributed by atoms with Crippen LogP contribution in [0.25, 0.3) is 22.2 Å². The van der Waals surface area contributed by atoms with E-state index in [0.717, 1.165) is 46.5 Å². The summed E-state index contributed by atoms with van der Waals surface area (Å²) in [5, 5.41) is 6.93. The molecule has 1 atom stereocenters. The van der Waals surface area contributed by atoms with Crippen molar-refractivity contribution in [1.82, 2.24) is 25.3 Å². The van der Waals surface area contributed by atoms with Gasteiger partial charge in [0.05, 0.1) is 22.5 Å². The second-order valence-electron chi connectivity index (χ2n) is 7.59. The first kappa shape index (κ1) is 21.2. The number of rotatable bonds is 7. The van der Waals surface area contributed by atoms with Crippen LogP contribution in [-0.2, 0) is 0 Å². The summed E-state index contributed by atoms with van der Waals surface area (Å²) in [7, 11) is 1.63. The summed E-state index contributed by atoms with van der Waals surface area (Å²) >= 11 is 0. The number of fused-ring (bicyclic) bond motifs is 1. The number of anilines is 2. The van der Waals surface area contributed by atoms with E-state index in [1.54, 1.807) is 31.7 Å². The van der Waals surface area contributed by atoms with Crippen LogP contribution in [0.3, 0.4) is 0 Å². The first-order chi connectivity index (χ1) is 15.6. The molecule has 0 radical (unpaired) electrons. The van der Waals surface area contributed by atoms with Crippen LogP contribution in [0.1, 0.15) is 35.2 Å². The van der Waals surface area contributed by atoms with Crippen LogP contribution in [0.15, 0.2) is 61.3 Å². The SMILES string of the molecule is CNC(=O)c1ccnc2c(C(C)CCNc3cc(-c4cncc(N)c4)ncn3)cccc12. The molecule has 0 saturated heterocycles. The van der Waals surface area contributed by atoms with Crippen LogP contribution < -0.4 is 16.4 Å². The van der Waals surface area contributed by atoms with E-state index >= 15 is 0 Å². The molecular formula is C24H25N7O. The number of nitrogens with zero attached hydrogens (tertiary/aromatic N) is 4. The third-order valence-corrected chi connectivity index (χ3v) is 5.41. The number of para-hydroxylation sites is 1. The van der Waals surface area contributed by atoms with Gasteiger partial charge in [-0.2, -0.15) is 0 Å². The number of nitrogens with two attached hydrogens (primary N) is 1. The number of hydrogen-bond donors (Lipinski definition) is 3. The average molecular weight is 428 g/mol. The molecule has 0 fully saturated rings. The van der Waals surface area contributed by atoms with Gasteiger partial charge in [0.1, 0.15) is 12.1 Å². The zero-order valence-electron chi connectivity index (χ0n) is 18.0. The van der Waals surface area contributed by atoms with Crippen molar-refractivity contribution in [3.05, 3.63) is 72.4 Å². The molecule has 0 spiro atoms. The van der Waals surface area contributed by atoms with E-state index in [4.69, 9.17) is 5.73 Å². The number of hydrogen-bond acceptors (Lipinski definition) is 7. The number of carbonyl (C=O) groups excluding carboxylic acids is 1. The topological polar surface area (TPSA) is 119 Å². The molecule has 0 bridgehead atoms. The third-order valence-electron chi connectivity index (χ3n) is 5.41. The minimum absolute atomic E-state index is 0.112. The molecule has 0 aliphatic rings. The molecular weight excluding hydrogens is 402 g/mol. The Bertz CT molecular complexity index is 1260. The molecule has 3 heterocycles. The van der Waals surface area contributed by atoms with E-state index in [0.29, 0.717) is 11.3 Å². The highest BCUT2D eigenvalue weighted by Gasteiger charge is 2.15. The molecule has 1 unspecified atom stereocenters. The lowest BCUT2D eigenvalue weighted by Crippen LogP contribution is -2.18. The Hall–Kier alpha value is -4.07. The standard InChI is InChI=1S/C24H25N7O/c1-15(18-4-3-5-19-20(24(32)26-2)7-9-29-23(18)19)6-8-28-22-11-21(30-14-31-22)16-10-17(25)13-27-12-16/h3-5,7,9-15H,6,8,25H2,1-2H3,(H,26,32)(H,28,30,31). The first-order valence-electron chi connectivity index (χ1n) is 10.4. The lowest BCUT2D eigenvalue weighted by atomic mass is 9.94. The highest BCUT2D eigenvalue weighted by atomic mass is 16.1. The van der Waals surface area contributed by atoms with Gasteiger partial charge in [-0.25, -0.2) is 9.97 Å². The second-order valence-corrected chi connectivity index (χ2v) is 7.59. The summed E-state index contributed by atoms with van der Waals surface area (Å²) in [5.74, 6) is 0.861. The van der Waals surface area contributed by atoms with E-state index in [1.807, 2.05) is 24.3 Å². The average Bonchev–Trinajstić information content (AvgIpc) is 2.83. The van der Waals surface area contributed by atoms with Gasteiger partial charge in [-0.05, 0) is 30.0 Å². The van der Waals surface area contributed by atoms with Crippen molar-refractivity contribution < 1.29 is 4.79 Å². The maximum absolute atomic E-state index is 12.2. The molecule has 0 aliphatic heterocycles. The van der Waals surface area contributed by atoms with Crippen LogP contribution in [0, 0.1) is 0 Å². The van der Waals surface area contributed by atoms with Gasteiger partial charge >= 0.3 is 0 Å². The molecule has 4 rings (SSSR count). The molecule has 32 heavy (non-hydrogen) atoms. The van der Waals surface area contributed by atoms with Gasteiger partial charge < -0.3 is 16.4 Å². The number of aromatic nitrogens is 4. The van der Waals surface area contributed by atoms with E-state index in [-0.39, 0.29) is 11.8 Å². The Morgan fingerprint density at radius 3 is 2.81 bits per heavy atom. The van der Waals surface area contributed by atoms with Gasteiger partial charge in [0.25, 0.3) is 5.91 Å². The summed E-state index contributed by atoms with van der Waals surface area (Å²) in [6.07, 6.45) is 7.41. The number of amides is 1. The van der Waals surface area contributed by atoms with E-state index in [2.05, 4.69) is 43.6 Å². The van der Waals surface area contributed by atoms with Crippen molar-refractivity contribution in [3.63, 3.8) is 0 Å². The molecule has 0 saturated carbocycles. The molecule has 1 aromatic carbocycles. The Kier molecular flexibility index (Phi) is 6.21. The molecule has 4 aromatic rings. The maximum atomic E-state index is 12.2. The van der Waals surface area contributed by atoms with Crippen molar-refractivity contribution in [1.29, 1.82) is 0 Å². The lowest BCUT2D eigenvalue weighted by molar-refractivity contribution is 0.0964. The Balaban J connectivity index is 1.47. The monoisotopic (exact) mass is 427 g/mol. The fourth-order valence-electron chi connectivity index (χ4n) is 3.71. The highest BCUT2D eigenvalue weighted by molar-refractivity contribution is 6.06. The molecule has 162 valence electrons. The molecule has 1 amide bonds. The van der Waals surface area contributed by atoms with Crippen LogP contribution in [-0.4, -0.2) is 39.4 Å². The zero-order chi connectivity index (χ0) is 22.5. The van der Waals surface area contributed by atoms with Gasteiger partial charge in [0, 0.05) is 49.2 Å². The smallest absolute Gasteiger partial charge is 0.251 e. The molecule has 8 nitrogen and oxygen atoms in total. The predicted molar refractivity (Wildman–Crippen MR) is 126 cm³/mol. The Morgan fingerprint density at radius 1 is 1.12 bits per heavy atom. The zero-order valence-corrected chi connectivity index (χ0v) is 18.0. The van der Waals surface area contributed by atoms with Gasteiger partial charge in [0.15, 0.2) is 0 Å². The molecule has 0 aliphatic carbocycles. The minimum Gasteiger partial charge on any atom is -0.397 e. The number of carbonyl (C=O) groups is 1. The van der Waals surface area contributed by atoms with Crippen molar-refractivity contribution in [2.45, 2.75) is 19.3 Å². The minimum atomic E-state index is -0.112. The van der Waals surface area contributed by atoms with Gasteiger partial charge in [-0.1, -0.05) is 25.1 Å². The third kappa shape index (κ3) is 4.49. The highest BCUT2D eigenvalue weighted by Crippen LogP contribution is 2.28. The van der Waals surface area contributed by atoms with Gasteiger partial charge in [-0.15, -0.1) is 0 Å². The lowest BCUT2D eigenvalue weighted by Gasteiger charge is -2.16. The number of nitrogens with one attached hydrogen (secondary N) is 2. The molecule has 3 aromatic heterocycles. The van der Waals surface area contributed by atoms with E-state index in [9.17, 15) is 4.79 Å². The fraction of sp³-hybridized carbons (Fsp3) is 0.208. The number of pyridine rings is 2. The summed E-state index contributed by atoms with van der Waals surface area (Å²) in [5.41, 5.74) is 10.6. The molecule has 4 N–H and O–H groups in total. The normalized spacial score (nSPS) is 11.8. The van der Waals surface area contributed by atoms with Crippen LogP contribution in [0.2, 0.25) is 0 Å². The Labute approximate surface area is 186 Å². The molecule has 8 heteroatoms. The fourth-order valence-corrected chi connectivity index (χ4v) is 3.71. The summed E-state index contributed by atoms with van der Waals surface area (Å²) in [4.78, 5) is 29.5. The summed E-state index contributed by atoms with van der Waals surface area (Å²) < 4.78 is 0. The van der Waals surface area contributed by atoms with E-state index < -0.39 is 0 Å². The van der Waals surface area contributed by atoms with E-state index in [1.165, 1.54) is 6.33 Å². The largest absolute Gasteiger partial charge is 0.397 e. The van der Waals surface area contributed by atoms with Crippen molar-refractivity contribution in [2.75, 3.05) is 24.6 Å². The summed E-state index contributed by atoms with van der Waals surface area (Å²) in [6.45, 7) is 2.88. The van der Waals surface area contributed by atoms with Crippen LogP contribution >= 0.6 is 0 Å². The quantitative estimate of drug-likeness (QED) is 0.412. The van der Waals surface area contributed by atoms with Gasteiger partial charge in [0.2, 0.25) is 0 Å². The summed E-state index contributed by atoms with van der Waals surface area (Å²) in [6, 6.07) is 11.5. The number of nitrogen functional groups attached to an aromatic ring is 1. The van der Waals surface area contributed by atoms with Crippen molar-refractivity contribution in [3.8, 4) is 11.3 Å². The van der Waals surface area contributed by atoms with Crippen LogP contribution in [0.4, 0.5) is 11.5 Å². The van der Waals surface area contributed by atoms with Crippen molar-refractivity contribution in [2.24, 2.45) is 0 Å². The second kappa shape index (κ2) is 9.38. The Morgan fingerprint density at radius 2 is 2.00 bits per heavy atom. The number of benzene rings is 1. The first-order valence-corrected chi connectivity index (χ1v) is 10.4. The maximum Gasteiger partial charge on any atom is 0.251 e. The van der Waals surface area contributed by atoms with Crippen LogP contribution in [0.5, 0.6) is 0 Å². The van der Waals surface area contributed by atoms with Crippen molar-refractivity contribution >= 4 is 28.3 Å². The van der Waals surface area contributed by atoms with Gasteiger partial charge in [-0.3, -0.25) is 14.8 Å².